The quantitative estimate of drug-likeness (QED) is 0.736. The van der Waals surface area contributed by atoms with Crippen LogP contribution in [0.1, 0.15) is 25.0 Å². The van der Waals surface area contributed by atoms with Crippen LogP contribution in [-0.4, -0.2) is 36.3 Å². The van der Waals surface area contributed by atoms with Crippen molar-refractivity contribution in [1.29, 1.82) is 0 Å². The first-order valence-electron chi connectivity index (χ1n) is 9.25. The average Bonchev–Trinajstić information content (AvgIpc) is 2.91. The van der Waals surface area contributed by atoms with Gasteiger partial charge in [-0.1, -0.05) is 18.2 Å². The fourth-order valence-corrected chi connectivity index (χ4v) is 3.22. The van der Waals surface area contributed by atoms with Gasteiger partial charge in [-0.05, 0) is 49.2 Å². The second kappa shape index (κ2) is 8.18. The molecule has 3 amide bonds. The molecule has 3 rings (SSSR count). The molecule has 0 aromatic heterocycles. The third-order valence-corrected chi connectivity index (χ3v) is 4.59. The van der Waals surface area contributed by atoms with Crippen LogP contribution >= 0.6 is 0 Å². The van der Waals surface area contributed by atoms with Crippen LogP contribution in [0.2, 0.25) is 0 Å². The number of likely N-dealkylation sites (N-methyl/N-ethyl adjacent to an activating group) is 1. The lowest BCUT2D eigenvalue weighted by Gasteiger charge is -2.14. The van der Waals surface area contributed by atoms with Gasteiger partial charge < -0.3 is 15.4 Å². The second-order valence-corrected chi connectivity index (χ2v) is 6.69. The Bertz CT molecular complexity index is 1010. The molecule has 0 fully saturated rings. The zero-order chi connectivity index (χ0) is 21.1. The lowest BCUT2D eigenvalue weighted by Crippen LogP contribution is -2.32. The predicted octanol–water partition coefficient (Wildman–Crippen LogP) is 3.17. The molecule has 7 heteroatoms. The van der Waals surface area contributed by atoms with Gasteiger partial charge >= 0.3 is 0 Å². The molecule has 29 heavy (non-hydrogen) atoms. The van der Waals surface area contributed by atoms with E-state index in [1.807, 2.05) is 19.1 Å². The number of nitrogens with one attached hydrogen (secondary N) is 2. The number of hydrogen-bond acceptors (Lipinski definition) is 5. The summed E-state index contributed by atoms with van der Waals surface area (Å²) in [5.74, 6) is -0.366. The number of imide groups is 1. The monoisotopic (exact) mass is 393 g/mol. The van der Waals surface area contributed by atoms with Crippen molar-refractivity contribution in [2.75, 3.05) is 24.3 Å². The fraction of sp³-hybridized carbons (Fsp3) is 0.227. The van der Waals surface area contributed by atoms with Crippen LogP contribution in [0.5, 0.6) is 5.75 Å². The minimum absolute atomic E-state index is 0.185. The van der Waals surface area contributed by atoms with Gasteiger partial charge in [-0.15, -0.1) is 0 Å². The van der Waals surface area contributed by atoms with Crippen LogP contribution in [0.3, 0.4) is 0 Å². The minimum Gasteiger partial charge on any atom is -0.495 e. The van der Waals surface area contributed by atoms with Gasteiger partial charge in [-0.3, -0.25) is 19.3 Å². The van der Waals surface area contributed by atoms with E-state index in [4.69, 9.17) is 4.74 Å². The molecule has 1 aliphatic heterocycles. The number of nitrogens with zero attached hydrogens (tertiary/aromatic N) is 1. The number of carbonyl (C=O) groups excluding carboxylic acids is 3. The molecular weight excluding hydrogens is 370 g/mol. The molecule has 0 bridgehead atoms. The van der Waals surface area contributed by atoms with E-state index in [0.717, 1.165) is 5.56 Å². The number of amides is 3. The molecule has 1 aliphatic rings. The molecule has 1 heterocycles. The molecule has 0 radical (unpaired) electrons. The van der Waals surface area contributed by atoms with Gasteiger partial charge in [0.05, 0.1) is 18.4 Å². The highest BCUT2D eigenvalue weighted by Crippen LogP contribution is 2.34. The number of rotatable bonds is 6. The van der Waals surface area contributed by atoms with Gasteiger partial charge in [0.1, 0.15) is 11.4 Å². The van der Waals surface area contributed by atoms with Crippen LogP contribution in [0, 0.1) is 6.92 Å². The van der Waals surface area contributed by atoms with E-state index in [-0.39, 0.29) is 35.5 Å². The molecule has 0 aliphatic carbocycles. The van der Waals surface area contributed by atoms with E-state index >= 15 is 0 Å². The minimum atomic E-state index is -0.387. The van der Waals surface area contributed by atoms with Crippen LogP contribution in [0.25, 0.3) is 5.57 Å². The SMILES string of the molecule is CCN1C(=O)C(Nc2cc(C)ccc2OC)=C(c2ccc(NC(C)=O)cc2)C1=O. The lowest BCUT2D eigenvalue weighted by atomic mass is 10.0. The Hall–Kier alpha value is -3.61. The highest BCUT2D eigenvalue weighted by Gasteiger charge is 2.38. The van der Waals surface area contributed by atoms with Gasteiger partial charge in [0, 0.05) is 19.2 Å². The maximum absolute atomic E-state index is 12.9. The first-order chi connectivity index (χ1) is 13.8. The van der Waals surface area contributed by atoms with Crippen molar-refractivity contribution in [2.24, 2.45) is 0 Å². The maximum Gasteiger partial charge on any atom is 0.278 e. The number of carbonyl (C=O) groups is 3. The summed E-state index contributed by atoms with van der Waals surface area (Å²) in [7, 11) is 1.55. The molecular formula is C22H23N3O4. The van der Waals surface area contributed by atoms with E-state index < -0.39 is 0 Å². The summed E-state index contributed by atoms with van der Waals surface area (Å²) < 4.78 is 5.38. The first-order valence-corrected chi connectivity index (χ1v) is 9.25. The number of ether oxygens (including phenoxy) is 1. The summed E-state index contributed by atoms with van der Waals surface area (Å²) >= 11 is 0. The van der Waals surface area contributed by atoms with E-state index in [2.05, 4.69) is 10.6 Å². The third kappa shape index (κ3) is 3.99. The zero-order valence-corrected chi connectivity index (χ0v) is 16.8. The Balaban J connectivity index is 2.07. The molecule has 150 valence electrons. The summed E-state index contributed by atoms with van der Waals surface area (Å²) in [4.78, 5) is 38.3. The van der Waals surface area contributed by atoms with Crippen LogP contribution < -0.4 is 15.4 Å². The molecule has 2 aromatic carbocycles. The number of methoxy groups -OCH3 is 1. The molecule has 7 nitrogen and oxygen atoms in total. The summed E-state index contributed by atoms with van der Waals surface area (Å²) in [6.07, 6.45) is 0. The van der Waals surface area contributed by atoms with E-state index in [0.29, 0.717) is 22.7 Å². The number of benzene rings is 2. The second-order valence-electron chi connectivity index (χ2n) is 6.69. The molecule has 0 atom stereocenters. The van der Waals surface area contributed by atoms with E-state index in [1.165, 1.54) is 11.8 Å². The third-order valence-electron chi connectivity index (χ3n) is 4.59. The molecule has 2 N–H and O–H groups in total. The van der Waals surface area contributed by atoms with Crippen LogP contribution in [0.4, 0.5) is 11.4 Å². The van der Waals surface area contributed by atoms with Crippen LogP contribution in [0.15, 0.2) is 48.2 Å². The average molecular weight is 393 g/mol. The largest absolute Gasteiger partial charge is 0.495 e. The molecule has 0 saturated carbocycles. The summed E-state index contributed by atoms with van der Waals surface area (Å²) in [5, 5.41) is 5.80. The Morgan fingerprint density at radius 3 is 2.34 bits per heavy atom. The number of anilines is 2. The highest BCUT2D eigenvalue weighted by molar-refractivity contribution is 6.36. The van der Waals surface area contributed by atoms with Crippen molar-refractivity contribution in [3.8, 4) is 5.75 Å². The topological polar surface area (TPSA) is 87.7 Å². The highest BCUT2D eigenvalue weighted by atomic mass is 16.5. The van der Waals surface area contributed by atoms with Crippen molar-refractivity contribution in [3.05, 3.63) is 59.3 Å². The van der Waals surface area contributed by atoms with Crippen molar-refractivity contribution in [1.82, 2.24) is 4.90 Å². The van der Waals surface area contributed by atoms with E-state index in [1.54, 1.807) is 44.4 Å². The van der Waals surface area contributed by atoms with E-state index in [9.17, 15) is 14.4 Å². The maximum atomic E-state index is 12.9. The van der Waals surface area contributed by atoms with Crippen LogP contribution in [-0.2, 0) is 14.4 Å². The molecule has 0 saturated heterocycles. The Morgan fingerprint density at radius 1 is 1.07 bits per heavy atom. The molecule has 2 aromatic rings. The number of hydrogen-bond donors (Lipinski definition) is 2. The zero-order valence-electron chi connectivity index (χ0n) is 16.8. The fourth-order valence-electron chi connectivity index (χ4n) is 3.22. The predicted molar refractivity (Wildman–Crippen MR) is 111 cm³/mol. The van der Waals surface area contributed by atoms with Crippen molar-refractivity contribution in [2.45, 2.75) is 20.8 Å². The normalized spacial score (nSPS) is 13.7. The van der Waals surface area contributed by atoms with Gasteiger partial charge in [-0.25, -0.2) is 0 Å². The van der Waals surface area contributed by atoms with Crippen molar-refractivity contribution >= 4 is 34.7 Å². The summed E-state index contributed by atoms with van der Waals surface area (Å²) in [5.41, 5.74) is 3.28. The summed E-state index contributed by atoms with van der Waals surface area (Å²) in [6, 6.07) is 12.4. The Kier molecular flexibility index (Phi) is 5.68. The Labute approximate surface area is 169 Å². The first kappa shape index (κ1) is 20.1. The van der Waals surface area contributed by atoms with Crippen molar-refractivity contribution < 1.29 is 19.1 Å². The van der Waals surface area contributed by atoms with Crippen molar-refractivity contribution in [3.63, 3.8) is 0 Å². The lowest BCUT2D eigenvalue weighted by molar-refractivity contribution is -0.136. The van der Waals surface area contributed by atoms with Gasteiger partial charge in [0.2, 0.25) is 5.91 Å². The molecule has 0 spiro atoms. The van der Waals surface area contributed by atoms with Gasteiger partial charge in [0.25, 0.3) is 11.8 Å². The van der Waals surface area contributed by atoms with Gasteiger partial charge in [-0.2, -0.15) is 0 Å². The number of aryl methyl sites for hydroxylation is 1. The smallest absolute Gasteiger partial charge is 0.278 e. The standard InChI is InChI=1S/C22H23N3O4/c1-5-25-21(27)19(15-7-9-16(10-8-15)23-14(3)26)20(22(25)28)24-17-12-13(2)6-11-18(17)29-4/h6-12,24H,5H2,1-4H3,(H,23,26). The Morgan fingerprint density at radius 2 is 1.76 bits per heavy atom. The summed E-state index contributed by atoms with van der Waals surface area (Å²) in [6.45, 7) is 5.37. The molecule has 0 unspecified atom stereocenters. The van der Waals surface area contributed by atoms with Gasteiger partial charge in [0.15, 0.2) is 0 Å².